The molecule has 2 heteroatoms. The van der Waals surface area contributed by atoms with Crippen LogP contribution in [0, 0.1) is 17.8 Å². The van der Waals surface area contributed by atoms with Crippen LogP contribution in [0.1, 0.15) is 38.5 Å². The highest BCUT2D eigenvalue weighted by molar-refractivity contribution is 4.84. The first-order valence-electron chi connectivity index (χ1n) is 6.32. The Balaban J connectivity index is 1.96. The topological polar surface area (TPSA) is 38.0 Å². The predicted molar refractivity (Wildman–Crippen MR) is 60.1 cm³/mol. The van der Waals surface area contributed by atoms with E-state index in [4.69, 9.17) is 5.73 Å². The molecule has 2 nitrogen and oxygen atoms in total. The van der Waals surface area contributed by atoms with Crippen LogP contribution in [0.15, 0.2) is 0 Å². The van der Waals surface area contributed by atoms with Gasteiger partial charge in [0.05, 0.1) is 0 Å². The van der Waals surface area contributed by atoms with Crippen LogP contribution in [0.5, 0.6) is 0 Å². The van der Waals surface area contributed by atoms with E-state index in [1.54, 1.807) is 0 Å². The average Bonchev–Trinajstić information content (AvgIpc) is 2.63. The van der Waals surface area contributed by atoms with Gasteiger partial charge in [-0.05, 0) is 50.2 Å². The van der Waals surface area contributed by atoms with Crippen molar-refractivity contribution in [1.82, 2.24) is 5.32 Å². The molecular weight excluding hydrogens is 172 g/mol. The van der Waals surface area contributed by atoms with Crippen LogP contribution in [0.25, 0.3) is 0 Å². The number of nitrogens with two attached hydrogens (primary N) is 1. The Morgan fingerprint density at radius 2 is 1.71 bits per heavy atom. The van der Waals surface area contributed by atoms with Gasteiger partial charge in [-0.2, -0.15) is 0 Å². The minimum atomic E-state index is 0.799. The fourth-order valence-electron chi connectivity index (χ4n) is 3.43. The Hall–Kier alpha value is -0.0800. The molecule has 0 radical (unpaired) electrons. The van der Waals surface area contributed by atoms with Crippen molar-refractivity contribution in [2.24, 2.45) is 23.5 Å². The maximum Gasteiger partial charge on any atom is -0.00456 e. The van der Waals surface area contributed by atoms with Gasteiger partial charge in [0.1, 0.15) is 0 Å². The van der Waals surface area contributed by atoms with Crippen LogP contribution < -0.4 is 11.1 Å². The van der Waals surface area contributed by atoms with Crippen molar-refractivity contribution in [2.75, 3.05) is 19.6 Å². The third-order valence-corrected chi connectivity index (χ3v) is 4.26. The van der Waals surface area contributed by atoms with Crippen LogP contribution in [-0.2, 0) is 0 Å². The zero-order chi connectivity index (χ0) is 9.80. The molecule has 2 fully saturated rings. The van der Waals surface area contributed by atoms with Crippen molar-refractivity contribution in [3.63, 3.8) is 0 Å². The van der Waals surface area contributed by atoms with E-state index in [1.807, 2.05) is 0 Å². The highest BCUT2D eigenvalue weighted by atomic mass is 14.9. The zero-order valence-corrected chi connectivity index (χ0v) is 9.17. The molecule has 1 heterocycles. The molecule has 3 N–H and O–H groups in total. The highest BCUT2D eigenvalue weighted by Gasteiger charge is 2.31. The van der Waals surface area contributed by atoms with Crippen molar-refractivity contribution in [3.8, 4) is 0 Å². The van der Waals surface area contributed by atoms with Gasteiger partial charge in [0.15, 0.2) is 0 Å². The van der Waals surface area contributed by atoms with Crippen molar-refractivity contribution in [1.29, 1.82) is 0 Å². The van der Waals surface area contributed by atoms with Crippen LogP contribution in [0.4, 0.5) is 0 Å². The monoisotopic (exact) mass is 196 g/mol. The summed E-state index contributed by atoms with van der Waals surface area (Å²) < 4.78 is 0. The number of rotatable bonds is 2. The summed E-state index contributed by atoms with van der Waals surface area (Å²) in [6, 6.07) is 0. The summed E-state index contributed by atoms with van der Waals surface area (Å²) in [5.41, 5.74) is 5.90. The quantitative estimate of drug-likeness (QED) is 0.706. The van der Waals surface area contributed by atoms with Crippen LogP contribution in [0.3, 0.4) is 0 Å². The van der Waals surface area contributed by atoms with Crippen molar-refractivity contribution < 1.29 is 0 Å². The molecule has 0 amide bonds. The second-order valence-electron chi connectivity index (χ2n) is 5.03. The summed E-state index contributed by atoms with van der Waals surface area (Å²) in [7, 11) is 0. The van der Waals surface area contributed by atoms with Crippen molar-refractivity contribution in [3.05, 3.63) is 0 Å². The van der Waals surface area contributed by atoms with E-state index in [0.717, 1.165) is 24.3 Å². The summed E-state index contributed by atoms with van der Waals surface area (Å²) in [5, 5.41) is 3.51. The van der Waals surface area contributed by atoms with Crippen LogP contribution >= 0.6 is 0 Å². The molecular formula is C12H24N2. The van der Waals surface area contributed by atoms with Crippen molar-refractivity contribution >= 4 is 0 Å². The van der Waals surface area contributed by atoms with Gasteiger partial charge in [-0.25, -0.2) is 0 Å². The van der Waals surface area contributed by atoms with E-state index in [2.05, 4.69) is 5.32 Å². The number of nitrogens with one attached hydrogen (secondary N) is 1. The fraction of sp³-hybridized carbons (Fsp3) is 1.00. The fourth-order valence-corrected chi connectivity index (χ4v) is 3.43. The van der Waals surface area contributed by atoms with Gasteiger partial charge in [-0.3, -0.25) is 0 Å². The second-order valence-corrected chi connectivity index (χ2v) is 5.03. The van der Waals surface area contributed by atoms with Gasteiger partial charge in [0.2, 0.25) is 0 Å². The minimum Gasteiger partial charge on any atom is -0.330 e. The lowest BCUT2D eigenvalue weighted by Crippen LogP contribution is -2.28. The van der Waals surface area contributed by atoms with Gasteiger partial charge in [-0.15, -0.1) is 0 Å². The molecule has 0 aromatic carbocycles. The first kappa shape index (κ1) is 10.4. The molecule has 0 bridgehead atoms. The summed E-state index contributed by atoms with van der Waals surface area (Å²) in [5.74, 6) is 2.73. The number of hydrogen-bond acceptors (Lipinski definition) is 2. The molecule has 0 spiro atoms. The highest BCUT2D eigenvalue weighted by Crippen LogP contribution is 2.38. The van der Waals surface area contributed by atoms with Crippen LogP contribution in [0.2, 0.25) is 0 Å². The van der Waals surface area contributed by atoms with Gasteiger partial charge in [0.25, 0.3) is 0 Å². The predicted octanol–water partition coefficient (Wildman–Crippen LogP) is 1.75. The van der Waals surface area contributed by atoms with E-state index in [-0.39, 0.29) is 0 Å². The number of hydrogen-bond donors (Lipinski definition) is 2. The second kappa shape index (κ2) is 5.13. The molecule has 1 aliphatic carbocycles. The lowest BCUT2D eigenvalue weighted by molar-refractivity contribution is 0.225. The third kappa shape index (κ3) is 2.29. The first-order valence-corrected chi connectivity index (χ1v) is 6.32. The largest absolute Gasteiger partial charge is 0.330 e. The Bertz CT molecular complexity index is 164. The molecule has 2 atom stereocenters. The lowest BCUT2D eigenvalue weighted by atomic mass is 9.77. The molecule has 14 heavy (non-hydrogen) atoms. The minimum absolute atomic E-state index is 0.799. The van der Waals surface area contributed by atoms with E-state index >= 15 is 0 Å². The summed E-state index contributed by atoms with van der Waals surface area (Å²) >= 11 is 0. The molecule has 2 rings (SSSR count). The normalized spacial score (nSPS) is 35.8. The maximum atomic E-state index is 5.90. The molecule has 1 saturated heterocycles. The van der Waals surface area contributed by atoms with Gasteiger partial charge < -0.3 is 11.1 Å². The Kier molecular flexibility index (Phi) is 3.82. The van der Waals surface area contributed by atoms with Crippen molar-refractivity contribution in [2.45, 2.75) is 38.5 Å². The van der Waals surface area contributed by atoms with E-state index in [1.165, 1.54) is 51.6 Å². The molecule has 0 aromatic rings. The lowest BCUT2D eigenvalue weighted by Gasteiger charge is -2.29. The summed E-state index contributed by atoms with van der Waals surface area (Å²) in [4.78, 5) is 0. The van der Waals surface area contributed by atoms with Crippen LogP contribution in [-0.4, -0.2) is 19.6 Å². The molecule has 82 valence electrons. The Morgan fingerprint density at radius 1 is 1.00 bits per heavy atom. The molecule has 2 unspecified atom stereocenters. The molecule has 1 aliphatic heterocycles. The zero-order valence-electron chi connectivity index (χ0n) is 9.17. The van der Waals surface area contributed by atoms with E-state index in [0.29, 0.717) is 0 Å². The smallest absolute Gasteiger partial charge is 0.00456 e. The Morgan fingerprint density at radius 3 is 2.43 bits per heavy atom. The van der Waals surface area contributed by atoms with Gasteiger partial charge in [0, 0.05) is 0 Å². The van der Waals surface area contributed by atoms with E-state index in [9.17, 15) is 0 Å². The Labute approximate surface area is 87.6 Å². The maximum absolute atomic E-state index is 5.90. The SMILES string of the molecule is NCC1CCNCCC1C1CCCC1. The van der Waals surface area contributed by atoms with Gasteiger partial charge >= 0.3 is 0 Å². The third-order valence-electron chi connectivity index (χ3n) is 4.26. The standard InChI is InChI=1S/C12H24N2/c13-9-11-5-7-14-8-6-12(11)10-3-1-2-4-10/h10-12,14H,1-9,13H2. The molecule has 1 saturated carbocycles. The van der Waals surface area contributed by atoms with Gasteiger partial charge in [-0.1, -0.05) is 25.7 Å². The molecule has 0 aromatic heterocycles. The molecule has 2 aliphatic rings. The average molecular weight is 196 g/mol. The first-order chi connectivity index (χ1) is 6.92. The summed E-state index contributed by atoms with van der Waals surface area (Å²) in [6.07, 6.45) is 8.55. The summed E-state index contributed by atoms with van der Waals surface area (Å²) in [6.45, 7) is 3.31. The van der Waals surface area contributed by atoms with E-state index < -0.39 is 0 Å².